The molecule has 0 saturated carbocycles. The number of nitrogens with two attached hydrogens (primary N) is 1. The fraction of sp³-hybridized carbons (Fsp3) is 0.750. The maximum absolute atomic E-state index is 11.4. The first-order valence-electron chi connectivity index (χ1n) is 8.82. The molecule has 1 aliphatic heterocycles. The minimum atomic E-state index is -1.55. The molecule has 2 heterocycles. The molecule has 5 N–H and O–H groups in total. The molecule has 1 aliphatic rings. The summed E-state index contributed by atoms with van der Waals surface area (Å²) >= 11 is 0. The predicted molar refractivity (Wildman–Crippen MR) is 91.9 cm³/mol. The zero-order valence-corrected chi connectivity index (χ0v) is 15.5. The molecule has 0 bridgehead atoms. The summed E-state index contributed by atoms with van der Waals surface area (Å²) in [5, 5.41) is 37.2. The maximum atomic E-state index is 11.4. The van der Waals surface area contributed by atoms with E-state index in [0.29, 0.717) is 31.6 Å². The molecule has 12 heteroatoms. The first kappa shape index (κ1) is 22.5. The number of hydrogen-bond acceptors (Lipinski definition) is 11. The predicted octanol–water partition coefficient (Wildman–Crippen LogP) is -3.22. The van der Waals surface area contributed by atoms with Crippen LogP contribution in [0.1, 0.15) is 12.6 Å². The first-order chi connectivity index (χ1) is 13.3. The van der Waals surface area contributed by atoms with Crippen molar-refractivity contribution in [3.8, 4) is 0 Å². The standard InChI is InChI=1S/C16H26N4O8/c1-9(22)15-13(24)12(23)14(25)16(28-15)27-5-4-26-3-2-20-7-11(18-19-20)6-10(17)8-21/h7-8,10,12-16,23-25H,2-6,17H2,1H3/t10-,12-,13?,14-,15?,16?/m0/s1. The van der Waals surface area contributed by atoms with Crippen molar-refractivity contribution in [1.82, 2.24) is 15.0 Å². The summed E-state index contributed by atoms with van der Waals surface area (Å²) in [5.74, 6) is -0.482. The number of aliphatic hydroxyl groups excluding tert-OH is 3. The average molecular weight is 402 g/mol. The fourth-order valence-electron chi connectivity index (χ4n) is 2.64. The van der Waals surface area contributed by atoms with Gasteiger partial charge in [0, 0.05) is 12.6 Å². The number of nitrogens with zero attached hydrogens (tertiary/aromatic N) is 3. The van der Waals surface area contributed by atoms with Crippen molar-refractivity contribution in [1.29, 1.82) is 0 Å². The molecule has 1 aromatic heterocycles. The van der Waals surface area contributed by atoms with Crippen LogP contribution >= 0.6 is 0 Å². The van der Waals surface area contributed by atoms with E-state index in [1.807, 2.05) is 0 Å². The second kappa shape index (κ2) is 10.7. The van der Waals surface area contributed by atoms with Gasteiger partial charge in [-0.2, -0.15) is 0 Å². The highest BCUT2D eigenvalue weighted by molar-refractivity contribution is 5.81. The monoisotopic (exact) mass is 402 g/mol. The summed E-state index contributed by atoms with van der Waals surface area (Å²) < 4.78 is 17.5. The molecule has 1 fully saturated rings. The highest BCUT2D eigenvalue weighted by atomic mass is 16.7. The molecule has 0 spiro atoms. The number of ether oxygens (including phenoxy) is 3. The van der Waals surface area contributed by atoms with E-state index in [2.05, 4.69) is 10.3 Å². The molecule has 158 valence electrons. The van der Waals surface area contributed by atoms with Gasteiger partial charge in [0.25, 0.3) is 0 Å². The number of aliphatic hydroxyl groups is 3. The van der Waals surface area contributed by atoms with Gasteiger partial charge in [0.1, 0.15) is 30.7 Å². The van der Waals surface area contributed by atoms with E-state index in [9.17, 15) is 24.9 Å². The Kier molecular flexibility index (Phi) is 8.57. The number of aldehydes is 1. The summed E-state index contributed by atoms with van der Waals surface area (Å²) in [4.78, 5) is 22.0. The molecular weight excluding hydrogens is 376 g/mol. The normalized spacial score (nSPS) is 28.8. The Hall–Kier alpha value is -1.80. The van der Waals surface area contributed by atoms with Crippen molar-refractivity contribution < 1.29 is 39.1 Å². The van der Waals surface area contributed by atoms with Gasteiger partial charge in [-0.25, -0.2) is 4.68 Å². The molecule has 0 aliphatic carbocycles. The zero-order chi connectivity index (χ0) is 20.7. The minimum Gasteiger partial charge on any atom is -0.387 e. The molecule has 2 rings (SSSR count). The largest absolute Gasteiger partial charge is 0.387 e. The number of rotatable bonds is 11. The first-order valence-corrected chi connectivity index (χ1v) is 8.82. The highest BCUT2D eigenvalue weighted by Crippen LogP contribution is 2.22. The molecule has 12 nitrogen and oxygen atoms in total. The lowest BCUT2D eigenvalue weighted by Crippen LogP contribution is -2.60. The van der Waals surface area contributed by atoms with Crippen molar-refractivity contribution in [2.24, 2.45) is 5.73 Å². The number of carbonyl (C=O) groups is 2. The number of carbonyl (C=O) groups excluding carboxylic acids is 2. The van der Waals surface area contributed by atoms with E-state index >= 15 is 0 Å². The van der Waals surface area contributed by atoms with Crippen LogP contribution in [0.3, 0.4) is 0 Å². The molecule has 0 radical (unpaired) electrons. The number of ketones is 1. The smallest absolute Gasteiger partial charge is 0.187 e. The van der Waals surface area contributed by atoms with Crippen molar-refractivity contribution in [2.45, 2.75) is 56.6 Å². The van der Waals surface area contributed by atoms with Crippen LogP contribution in [0.15, 0.2) is 6.20 Å². The van der Waals surface area contributed by atoms with E-state index in [4.69, 9.17) is 19.9 Å². The van der Waals surface area contributed by atoms with Gasteiger partial charge in [0.2, 0.25) is 0 Å². The Bertz CT molecular complexity index is 642. The fourth-order valence-corrected chi connectivity index (χ4v) is 2.64. The number of hydrogen-bond donors (Lipinski definition) is 4. The van der Waals surface area contributed by atoms with Gasteiger partial charge in [-0.1, -0.05) is 5.21 Å². The third-order valence-corrected chi connectivity index (χ3v) is 4.15. The maximum Gasteiger partial charge on any atom is 0.187 e. The van der Waals surface area contributed by atoms with Crippen LogP contribution in [-0.4, -0.2) is 99.0 Å². The van der Waals surface area contributed by atoms with E-state index in [1.54, 1.807) is 10.9 Å². The van der Waals surface area contributed by atoms with Gasteiger partial charge in [-0.15, -0.1) is 5.10 Å². The molecule has 0 aromatic carbocycles. The van der Waals surface area contributed by atoms with E-state index in [-0.39, 0.29) is 13.2 Å². The Labute approximate surface area is 161 Å². The zero-order valence-electron chi connectivity index (χ0n) is 15.5. The third kappa shape index (κ3) is 6.10. The third-order valence-electron chi connectivity index (χ3n) is 4.15. The van der Waals surface area contributed by atoms with E-state index < -0.39 is 42.5 Å². The quantitative estimate of drug-likeness (QED) is 0.216. The van der Waals surface area contributed by atoms with Gasteiger partial charge in [-0.3, -0.25) is 4.79 Å². The summed E-state index contributed by atoms with van der Waals surface area (Å²) in [7, 11) is 0. The second-order valence-corrected chi connectivity index (χ2v) is 6.47. The lowest BCUT2D eigenvalue weighted by Gasteiger charge is -2.39. The molecule has 3 unspecified atom stereocenters. The second-order valence-electron chi connectivity index (χ2n) is 6.47. The summed E-state index contributed by atoms with van der Waals surface area (Å²) in [6, 6.07) is -0.613. The van der Waals surface area contributed by atoms with Gasteiger partial charge < -0.3 is 40.1 Å². The number of aromatic nitrogens is 3. The Morgan fingerprint density at radius 2 is 2.07 bits per heavy atom. The average Bonchev–Trinajstić information content (AvgIpc) is 3.10. The molecule has 0 amide bonds. The highest BCUT2D eigenvalue weighted by Gasteiger charge is 2.46. The topological polar surface area (TPSA) is 179 Å². The van der Waals surface area contributed by atoms with Crippen LogP contribution in [0.2, 0.25) is 0 Å². The van der Waals surface area contributed by atoms with Gasteiger partial charge in [0.15, 0.2) is 12.1 Å². The molecule has 28 heavy (non-hydrogen) atoms. The van der Waals surface area contributed by atoms with Crippen molar-refractivity contribution in [3.63, 3.8) is 0 Å². The Morgan fingerprint density at radius 1 is 1.32 bits per heavy atom. The Balaban J connectivity index is 1.66. The van der Waals surface area contributed by atoms with E-state index in [1.165, 1.54) is 6.92 Å². The van der Waals surface area contributed by atoms with Crippen LogP contribution in [0.5, 0.6) is 0 Å². The van der Waals surface area contributed by atoms with Crippen LogP contribution < -0.4 is 5.73 Å². The lowest BCUT2D eigenvalue weighted by molar-refractivity contribution is -0.291. The minimum absolute atomic E-state index is 0.0337. The molecule has 6 atom stereocenters. The van der Waals surface area contributed by atoms with Crippen LogP contribution in [0, 0.1) is 0 Å². The van der Waals surface area contributed by atoms with Gasteiger partial charge >= 0.3 is 0 Å². The SMILES string of the molecule is CC(=O)C1OC(OCCOCCn2cc(C[C@H](N)C=O)nn2)[C@@H](O)[C@@H](O)C1O. The lowest BCUT2D eigenvalue weighted by atomic mass is 9.97. The molecular formula is C16H26N4O8. The molecule has 1 aromatic rings. The van der Waals surface area contributed by atoms with Crippen LogP contribution in [0.25, 0.3) is 0 Å². The van der Waals surface area contributed by atoms with Crippen LogP contribution in [-0.2, 0) is 36.8 Å². The number of Topliss-reactive ketones (excluding diaryl/α,β-unsaturated/α-hetero) is 1. The Morgan fingerprint density at radius 3 is 2.75 bits per heavy atom. The van der Waals surface area contributed by atoms with Crippen molar-refractivity contribution in [3.05, 3.63) is 11.9 Å². The van der Waals surface area contributed by atoms with Crippen molar-refractivity contribution >= 4 is 12.1 Å². The van der Waals surface area contributed by atoms with Gasteiger partial charge in [-0.05, 0) is 6.92 Å². The van der Waals surface area contributed by atoms with Gasteiger partial charge in [0.05, 0.1) is 38.1 Å². The van der Waals surface area contributed by atoms with E-state index in [0.717, 1.165) is 0 Å². The van der Waals surface area contributed by atoms with Crippen molar-refractivity contribution in [2.75, 3.05) is 19.8 Å². The summed E-state index contributed by atoms with van der Waals surface area (Å²) in [5.41, 5.74) is 6.13. The van der Waals surface area contributed by atoms with Crippen LogP contribution in [0.4, 0.5) is 0 Å². The molecule has 1 saturated heterocycles. The summed E-state index contributed by atoms with van der Waals surface area (Å²) in [6.45, 7) is 2.13. The summed E-state index contributed by atoms with van der Waals surface area (Å²) in [6.07, 6.45) is -4.45.